The van der Waals surface area contributed by atoms with Crippen LogP contribution in [0.2, 0.25) is 0 Å². The summed E-state index contributed by atoms with van der Waals surface area (Å²) in [7, 11) is 3.03. The fourth-order valence-corrected chi connectivity index (χ4v) is 2.66. The predicted molar refractivity (Wildman–Crippen MR) is 100.0 cm³/mol. The smallest absolute Gasteiger partial charge is 0.262 e. The summed E-state index contributed by atoms with van der Waals surface area (Å²) in [6.07, 6.45) is 1.52. The van der Waals surface area contributed by atoms with Gasteiger partial charge < -0.3 is 19.8 Å². The van der Waals surface area contributed by atoms with Gasteiger partial charge in [0.25, 0.3) is 11.5 Å². The number of ether oxygens (including phenoxy) is 2. The average Bonchev–Trinajstić information content (AvgIpc) is 2.68. The molecular formula is C20H18N2O4. The molecule has 0 atom stereocenters. The fourth-order valence-electron chi connectivity index (χ4n) is 2.66. The van der Waals surface area contributed by atoms with E-state index in [1.807, 2.05) is 30.3 Å². The zero-order valence-corrected chi connectivity index (χ0v) is 14.4. The Morgan fingerprint density at radius 3 is 2.46 bits per heavy atom. The average molecular weight is 350 g/mol. The molecule has 1 aromatic heterocycles. The lowest BCUT2D eigenvalue weighted by Gasteiger charge is -2.13. The molecule has 3 rings (SSSR count). The number of aromatic amines is 1. The molecule has 1 amide bonds. The van der Waals surface area contributed by atoms with E-state index in [2.05, 4.69) is 10.3 Å². The fraction of sp³-hybridized carbons (Fsp3) is 0.100. The summed E-state index contributed by atoms with van der Waals surface area (Å²) < 4.78 is 10.5. The summed E-state index contributed by atoms with van der Waals surface area (Å²) >= 11 is 0. The number of pyridine rings is 1. The van der Waals surface area contributed by atoms with Crippen molar-refractivity contribution in [3.63, 3.8) is 0 Å². The van der Waals surface area contributed by atoms with Crippen LogP contribution >= 0.6 is 0 Å². The maximum absolute atomic E-state index is 12.9. The van der Waals surface area contributed by atoms with Gasteiger partial charge >= 0.3 is 0 Å². The maximum Gasteiger partial charge on any atom is 0.262 e. The maximum atomic E-state index is 12.9. The van der Waals surface area contributed by atoms with Crippen molar-refractivity contribution >= 4 is 11.6 Å². The largest absolute Gasteiger partial charge is 0.497 e. The van der Waals surface area contributed by atoms with Gasteiger partial charge in [0, 0.05) is 17.8 Å². The highest BCUT2D eigenvalue weighted by Crippen LogP contribution is 2.30. The second-order valence-electron chi connectivity index (χ2n) is 5.48. The molecule has 1 heterocycles. The van der Waals surface area contributed by atoms with E-state index >= 15 is 0 Å². The monoisotopic (exact) mass is 350 g/mol. The third-order valence-electron chi connectivity index (χ3n) is 3.93. The van der Waals surface area contributed by atoms with Crippen LogP contribution in [-0.2, 0) is 0 Å². The Labute approximate surface area is 150 Å². The molecule has 0 aliphatic rings. The highest BCUT2D eigenvalue weighted by Gasteiger charge is 2.19. The lowest BCUT2D eigenvalue weighted by Crippen LogP contribution is -2.24. The van der Waals surface area contributed by atoms with Crippen LogP contribution in [0.25, 0.3) is 11.1 Å². The van der Waals surface area contributed by atoms with Crippen molar-refractivity contribution in [3.05, 3.63) is 76.7 Å². The number of methoxy groups -OCH3 is 2. The molecule has 0 aliphatic heterocycles. The highest BCUT2D eigenvalue weighted by molar-refractivity contribution is 6.09. The molecule has 0 saturated carbocycles. The molecule has 0 aliphatic carbocycles. The zero-order valence-electron chi connectivity index (χ0n) is 14.4. The molecule has 0 saturated heterocycles. The molecule has 3 aromatic rings. The van der Waals surface area contributed by atoms with Crippen LogP contribution in [0.5, 0.6) is 11.5 Å². The molecule has 0 bridgehead atoms. The summed E-state index contributed by atoms with van der Waals surface area (Å²) in [5, 5.41) is 2.74. The second-order valence-corrected chi connectivity index (χ2v) is 5.48. The van der Waals surface area contributed by atoms with E-state index in [-0.39, 0.29) is 5.56 Å². The lowest BCUT2D eigenvalue weighted by molar-refractivity contribution is 0.102. The number of carbonyl (C=O) groups excluding carboxylic acids is 1. The molecule has 2 N–H and O–H groups in total. The first-order valence-electron chi connectivity index (χ1n) is 7.94. The van der Waals surface area contributed by atoms with E-state index in [1.54, 1.807) is 24.3 Å². The van der Waals surface area contributed by atoms with Gasteiger partial charge in [-0.1, -0.05) is 30.3 Å². The topological polar surface area (TPSA) is 80.4 Å². The summed E-state index contributed by atoms with van der Waals surface area (Å²) in [5.74, 6) is 0.497. The first kappa shape index (κ1) is 17.3. The highest BCUT2D eigenvalue weighted by atomic mass is 16.5. The number of anilines is 1. The van der Waals surface area contributed by atoms with Gasteiger partial charge in [0.2, 0.25) is 0 Å². The van der Waals surface area contributed by atoms with E-state index in [0.717, 1.165) is 5.56 Å². The Balaban J connectivity index is 2.03. The number of amides is 1. The Kier molecular flexibility index (Phi) is 5.03. The third kappa shape index (κ3) is 3.44. The SMILES string of the molecule is COc1ccc(OC)c(NC(=O)c2c(-c3ccccc3)cc[nH]c2=O)c1. The van der Waals surface area contributed by atoms with Crippen molar-refractivity contribution in [1.82, 2.24) is 4.98 Å². The van der Waals surface area contributed by atoms with Crippen LogP contribution in [0.1, 0.15) is 10.4 Å². The van der Waals surface area contributed by atoms with Crippen LogP contribution in [0.3, 0.4) is 0 Å². The van der Waals surface area contributed by atoms with E-state index in [4.69, 9.17) is 9.47 Å². The minimum Gasteiger partial charge on any atom is -0.497 e. The van der Waals surface area contributed by atoms with Crippen LogP contribution in [0.15, 0.2) is 65.6 Å². The van der Waals surface area contributed by atoms with Crippen molar-refractivity contribution in [3.8, 4) is 22.6 Å². The Morgan fingerprint density at radius 1 is 1.00 bits per heavy atom. The number of hydrogen-bond donors (Lipinski definition) is 2. The lowest BCUT2D eigenvalue weighted by atomic mass is 10.0. The van der Waals surface area contributed by atoms with Gasteiger partial charge in [0.05, 0.1) is 19.9 Å². The minimum atomic E-state index is -0.530. The summed E-state index contributed by atoms with van der Waals surface area (Å²) in [4.78, 5) is 27.8. The number of hydrogen-bond acceptors (Lipinski definition) is 4. The molecule has 6 nitrogen and oxygen atoms in total. The predicted octanol–water partition coefficient (Wildman–Crippen LogP) is 3.31. The molecule has 0 unspecified atom stereocenters. The minimum absolute atomic E-state index is 0.0311. The number of H-pyrrole nitrogens is 1. The summed E-state index contributed by atoms with van der Waals surface area (Å²) in [6, 6.07) is 16.0. The first-order chi connectivity index (χ1) is 12.6. The molecule has 0 radical (unpaired) electrons. The van der Waals surface area contributed by atoms with Gasteiger partial charge in [0.1, 0.15) is 17.1 Å². The quantitative estimate of drug-likeness (QED) is 0.740. The van der Waals surface area contributed by atoms with Crippen molar-refractivity contribution in [1.29, 1.82) is 0 Å². The summed E-state index contributed by atoms with van der Waals surface area (Å²) in [6.45, 7) is 0. The zero-order chi connectivity index (χ0) is 18.5. The molecule has 2 aromatic carbocycles. The number of nitrogens with one attached hydrogen (secondary N) is 2. The van der Waals surface area contributed by atoms with E-state index in [0.29, 0.717) is 22.7 Å². The Hall–Kier alpha value is -3.54. The van der Waals surface area contributed by atoms with Crippen molar-refractivity contribution in [2.24, 2.45) is 0 Å². The standard InChI is InChI=1S/C20H18N2O4/c1-25-14-8-9-17(26-2)16(12-14)22-20(24)18-15(10-11-21-19(18)23)13-6-4-3-5-7-13/h3-12H,1-2H3,(H,21,23)(H,22,24). The Bertz CT molecular complexity index is 981. The van der Waals surface area contributed by atoms with Crippen molar-refractivity contribution < 1.29 is 14.3 Å². The van der Waals surface area contributed by atoms with E-state index in [1.165, 1.54) is 20.4 Å². The van der Waals surface area contributed by atoms with Gasteiger partial charge in [-0.05, 0) is 23.8 Å². The molecule has 132 valence electrons. The van der Waals surface area contributed by atoms with Crippen molar-refractivity contribution in [2.75, 3.05) is 19.5 Å². The number of carbonyl (C=O) groups is 1. The van der Waals surface area contributed by atoms with Crippen LogP contribution in [-0.4, -0.2) is 25.1 Å². The van der Waals surface area contributed by atoms with Gasteiger partial charge in [-0.3, -0.25) is 9.59 Å². The summed E-state index contributed by atoms with van der Waals surface area (Å²) in [5.41, 5.74) is 1.31. The van der Waals surface area contributed by atoms with E-state index < -0.39 is 11.5 Å². The van der Waals surface area contributed by atoms with Crippen molar-refractivity contribution in [2.45, 2.75) is 0 Å². The normalized spacial score (nSPS) is 10.2. The van der Waals surface area contributed by atoms with Gasteiger partial charge in [-0.25, -0.2) is 0 Å². The molecule has 0 fully saturated rings. The molecule has 26 heavy (non-hydrogen) atoms. The third-order valence-corrected chi connectivity index (χ3v) is 3.93. The van der Waals surface area contributed by atoms with Crippen LogP contribution in [0, 0.1) is 0 Å². The number of benzene rings is 2. The van der Waals surface area contributed by atoms with Crippen LogP contribution in [0.4, 0.5) is 5.69 Å². The first-order valence-corrected chi connectivity index (χ1v) is 7.94. The molecular weight excluding hydrogens is 332 g/mol. The van der Waals surface area contributed by atoms with Gasteiger partial charge in [-0.2, -0.15) is 0 Å². The Morgan fingerprint density at radius 2 is 1.77 bits per heavy atom. The van der Waals surface area contributed by atoms with E-state index in [9.17, 15) is 9.59 Å². The second kappa shape index (κ2) is 7.57. The number of aromatic nitrogens is 1. The molecule has 0 spiro atoms. The molecule has 6 heteroatoms. The van der Waals surface area contributed by atoms with Gasteiger partial charge in [0.15, 0.2) is 0 Å². The van der Waals surface area contributed by atoms with Crippen LogP contribution < -0.4 is 20.3 Å². The van der Waals surface area contributed by atoms with Gasteiger partial charge in [-0.15, -0.1) is 0 Å². The number of rotatable bonds is 5.